The summed E-state index contributed by atoms with van der Waals surface area (Å²) < 4.78 is 10.7. The molecule has 0 spiro atoms. The van der Waals surface area contributed by atoms with Crippen LogP contribution in [0.5, 0.6) is 11.5 Å². The minimum atomic E-state index is 0.502. The molecule has 0 unspecified atom stereocenters. The van der Waals surface area contributed by atoms with Gasteiger partial charge in [0.2, 0.25) is 0 Å². The van der Waals surface area contributed by atoms with Gasteiger partial charge in [-0.2, -0.15) is 5.10 Å². The summed E-state index contributed by atoms with van der Waals surface area (Å²) in [7, 11) is 3.26. The topological polar surface area (TPSA) is 73.2 Å². The zero-order valence-electron chi connectivity index (χ0n) is 11.0. The van der Waals surface area contributed by atoms with E-state index in [0.717, 1.165) is 33.9 Å². The van der Waals surface area contributed by atoms with Crippen LogP contribution >= 0.6 is 0 Å². The molecule has 0 saturated heterocycles. The molecule has 0 bridgehead atoms. The van der Waals surface area contributed by atoms with Crippen LogP contribution in [0.15, 0.2) is 12.1 Å². The average molecular weight is 247 g/mol. The summed E-state index contributed by atoms with van der Waals surface area (Å²) in [6.07, 6.45) is 0. The van der Waals surface area contributed by atoms with Crippen LogP contribution in [-0.2, 0) is 0 Å². The van der Waals surface area contributed by atoms with Gasteiger partial charge in [-0.3, -0.25) is 5.10 Å². The third kappa shape index (κ3) is 1.88. The molecule has 1 heterocycles. The minimum absolute atomic E-state index is 0.502. The van der Waals surface area contributed by atoms with E-state index in [2.05, 4.69) is 10.2 Å². The summed E-state index contributed by atoms with van der Waals surface area (Å²) in [5.74, 6) is 2.00. The van der Waals surface area contributed by atoms with Crippen molar-refractivity contribution in [3.05, 3.63) is 23.3 Å². The molecular weight excluding hydrogens is 230 g/mol. The lowest BCUT2D eigenvalue weighted by Gasteiger charge is -2.13. The van der Waals surface area contributed by atoms with Crippen LogP contribution in [0, 0.1) is 13.8 Å². The second kappa shape index (κ2) is 4.60. The number of ether oxygens (including phenoxy) is 2. The molecule has 0 aliphatic heterocycles. The van der Waals surface area contributed by atoms with Crippen molar-refractivity contribution in [2.45, 2.75) is 13.8 Å². The van der Waals surface area contributed by atoms with Gasteiger partial charge >= 0.3 is 0 Å². The quantitative estimate of drug-likeness (QED) is 0.872. The Morgan fingerprint density at radius 1 is 1.17 bits per heavy atom. The van der Waals surface area contributed by atoms with E-state index >= 15 is 0 Å². The Bertz CT molecular complexity index is 576. The third-order valence-electron chi connectivity index (χ3n) is 3.03. The highest BCUT2D eigenvalue weighted by atomic mass is 16.5. The van der Waals surface area contributed by atoms with E-state index in [1.165, 1.54) is 0 Å². The maximum atomic E-state index is 5.77. The van der Waals surface area contributed by atoms with Crippen LogP contribution in [0.3, 0.4) is 0 Å². The van der Waals surface area contributed by atoms with Crippen LogP contribution in [0.4, 0.5) is 5.82 Å². The molecule has 1 aromatic heterocycles. The Morgan fingerprint density at radius 3 is 2.39 bits per heavy atom. The fourth-order valence-electron chi connectivity index (χ4n) is 1.98. The van der Waals surface area contributed by atoms with Gasteiger partial charge in [0.05, 0.1) is 19.9 Å². The molecule has 0 atom stereocenters. The van der Waals surface area contributed by atoms with Gasteiger partial charge in [-0.05, 0) is 25.5 Å². The van der Waals surface area contributed by atoms with Crippen LogP contribution in [0.1, 0.15) is 11.1 Å². The number of nitrogen functional groups attached to an aromatic ring is 1. The fourth-order valence-corrected chi connectivity index (χ4v) is 1.98. The molecule has 5 nitrogen and oxygen atoms in total. The Morgan fingerprint density at radius 2 is 1.89 bits per heavy atom. The number of anilines is 1. The lowest BCUT2D eigenvalue weighted by Crippen LogP contribution is -1.95. The van der Waals surface area contributed by atoms with Crippen molar-refractivity contribution in [1.82, 2.24) is 10.2 Å². The normalized spacial score (nSPS) is 10.4. The zero-order valence-corrected chi connectivity index (χ0v) is 11.0. The molecule has 3 N–H and O–H groups in total. The van der Waals surface area contributed by atoms with E-state index in [0.29, 0.717) is 5.82 Å². The summed E-state index contributed by atoms with van der Waals surface area (Å²) in [5, 5.41) is 6.96. The first kappa shape index (κ1) is 12.3. The molecule has 18 heavy (non-hydrogen) atoms. The number of benzene rings is 1. The first-order valence-corrected chi connectivity index (χ1v) is 5.62. The zero-order chi connectivity index (χ0) is 13.3. The number of aromatic nitrogens is 2. The first-order chi connectivity index (χ1) is 8.58. The third-order valence-corrected chi connectivity index (χ3v) is 3.03. The van der Waals surface area contributed by atoms with E-state index in [1.54, 1.807) is 14.2 Å². The van der Waals surface area contributed by atoms with Gasteiger partial charge in [-0.25, -0.2) is 0 Å². The predicted molar refractivity (Wildman–Crippen MR) is 71.0 cm³/mol. The van der Waals surface area contributed by atoms with Crippen molar-refractivity contribution >= 4 is 5.82 Å². The molecule has 1 aromatic carbocycles. The number of nitrogens with two attached hydrogens (primary N) is 1. The number of aryl methyl sites for hydroxylation is 1. The molecule has 0 saturated carbocycles. The van der Waals surface area contributed by atoms with Crippen molar-refractivity contribution in [3.63, 3.8) is 0 Å². The summed E-state index contributed by atoms with van der Waals surface area (Å²) in [5.41, 5.74) is 9.56. The summed E-state index contributed by atoms with van der Waals surface area (Å²) in [6, 6.07) is 3.80. The van der Waals surface area contributed by atoms with Gasteiger partial charge in [0, 0.05) is 17.2 Å². The Kier molecular flexibility index (Phi) is 3.14. The molecule has 0 amide bonds. The van der Waals surface area contributed by atoms with Crippen molar-refractivity contribution < 1.29 is 9.47 Å². The molecule has 2 rings (SSSR count). The summed E-state index contributed by atoms with van der Waals surface area (Å²) in [6.45, 7) is 3.92. The van der Waals surface area contributed by atoms with Crippen LogP contribution < -0.4 is 15.2 Å². The molecule has 2 aromatic rings. The smallest absolute Gasteiger partial charge is 0.148 e. The summed E-state index contributed by atoms with van der Waals surface area (Å²) >= 11 is 0. The SMILES string of the molecule is COc1cc(C)c(-c2[nH]nc(N)c2C)c(OC)c1. The largest absolute Gasteiger partial charge is 0.497 e. The lowest BCUT2D eigenvalue weighted by atomic mass is 10.0. The molecule has 0 aliphatic rings. The number of nitrogens with one attached hydrogen (secondary N) is 1. The number of aromatic amines is 1. The van der Waals surface area contributed by atoms with Gasteiger partial charge in [0.15, 0.2) is 0 Å². The highest BCUT2D eigenvalue weighted by Crippen LogP contribution is 2.38. The van der Waals surface area contributed by atoms with Gasteiger partial charge in [-0.15, -0.1) is 0 Å². The fraction of sp³-hybridized carbons (Fsp3) is 0.308. The maximum Gasteiger partial charge on any atom is 0.148 e. The molecule has 0 radical (unpaired) electrons. The average Bonchev–Trinajstić information content (AvgIpc) is 2.69. The highest BCUT2D eigenvalue weighted by Gasteiger charge is 2.16. The van der Waals surface area contributed by atoms with E-state index in [4.69, 9.17) is 15.2 Å². The van der Waals surface area contributed by atoms with Crippen LogP contribution in [0.25, 0.3) is 11.3 Å². The second-order valence-electron chi connectivity index (χ2n) is 4.13. The Labute approximate surface area is 106 Å². The number of hydrogen-bond acceptors (Lipinski definition) is 4. The standard InChI is InChI=1S/C13H17N3O2/c1-7-5-9(17-3)6-10(18-4)11(7)12-8(2)13(14)16-15-12/h5-6H,1-4H3,(H3,14,15,16). The van der Waals surface area contributed by atoms with E-state index in [9.17, 15) is 0 Å². The van der Waals surface area contributed by atoms with Crippen LogP contribution in [-0.4, -0.2) is 24.4 Å². The first-order valence-electron chi connectivity index (χ1n) is 5.62. The van der Waals surface area contributed by atoms with E-state index in [-0.39, 0.29) is 0 Å². The summed E-state index contributed by atoms with van der Waals surface area (Å²) in [4.78, 5) is 0. The lowest BCUT2D eigenvalue weighted by molar-refractivity contribution is 0.395. The molecule has 96 valence electrons. The van der Waals surface area contributed by atoms with E-state index in [1.807, 2.05) is 26.0 Å². The van der Waals surface area contributed by atoms with Gasteiger partial charge in [-0.1, -0.05) is 0 Å². The monoisotopic (exact) mass is 247 g/mol. The van der Waals surface area contributed by atoms with Crippen molar-refractivity contribution in [2.24, 2.45) is 0 Å². The minimum Gasteiger partial charge on any atom is -0.497 e. The van der Waals surface area contributed by atoms with Crippen molar-refractivity contribution in [3.8, 4) is 22.8 Å². The second-order valence-corrected chi connectivity index (χ2v) is 4.13. The molecule has 0 aliphatic carbocycles. The number of nitrogens with zero attached hydrogens (tertiary/aromatic N) is 1. The predicted octanol–water partition coefficient (Wildman–Crippen LogP) is 2.29. The molecular formula is C13H17N3O2. The number of hydrogen-bond donors (Lipinski definition) is 2. The van der Waals surface area contributed by atoms with Crippen LogP contribution in [0.2, 0.25) is 0 Å². The molecule has 5 heteroatoms. The molecule has 0 fully saturated rings. The van der Waals surface area contributed by atoms with E-state index < -0.39 is 0 Å². The van der Waals surface area contributed by atoms with Crippen molar-refractivity contribution in [1.29, 1.82) is 0 Å². The number of H-pyrrole nitrogens is 1. The maximum absolute atomic E-state index is 5.77. The van der Waals surface area contributed by atoms with Gasteiger partial charge in [0.1, 0.15) is 17.3 Å². The Hall–Kier alpha value is -2.17. The van der Waals surface area contributed by atoms with Crippen molar-refractivity contribution in [2.75, 3.05) is 20.0 Å². The number of methoxy groups -OCH3 is 2. The highest BCUT2D eigenvalue weighted by molar-refractivity contribution is 5.77. The Balaban J connectivity index is 2.67. The van der Waals surface area contributed by atoms with Gasteiger partial charge in [0.25, 0.3) is 0 Å². The number of rotatable bonds is 3. The van der Waals surface area contributed by atoms with Gasteiger partial charge < -0.3 is 15.2 Å².